The van der Waals surface area contributed by atoms with Crippen LogP contribution in [0.3, 0.4) is 0 Å². The van der Waals surface area contributed by atoms with Crippen LogP contribution in [-0.4, -0.2) is 56.9 Å². The molecule has 1 heterocycles. The molecule has 0 radical (unpaired) electrons. The largest absolute Gasteiger partial charge is 0.494 e. The van der Waals surface area contributed by atoms with Gasteiger partial charge in [0.15, 0.2) is 0 Å². The van der Waals surface area contributed by atoms with Gasteiger partial charge in [0.05, 0.1) is 25.4 Å². The van der Waals surface area contributed by atoms with E-state index in [1.807, 2.05) is 56.3 Å². The number of aliphatic carboxylic acids is 1. The van der Waals surface area contributed by atoms with E-state index in [4.69, 9.17) is 19.3 Å². The number of fused-ring (bicyclic) bond motifs is 1. The first-order chi connectivity index (χ1) is 18.5. The van der Waals surface area contributed by atoms with E-state index >= 15 is 0 Å². The summed E-state index contributed by atoms with van der Waals surface area (Å²) in [6.07, 6.45) is 0.467. The van der Waals surface area contributed by atoms with Gasteiger partial charge in [-0.25, -0.2) is 12.7 Å². The van der Waals surface area contributed by atoms with Gasteiger partial charge in [-0.1, -0.05) is 24.3 Å². The number of ether oxygens (including phenoxy) is 3. The smallest absolute Gasteiger partial charge is 0.304 e. The lowest BCUT2D eigenvalue weighted by Crippen LogP contribution is -2.25. The van der Waals surface area contributed by atoms with E-state index < -0.39 is 16.0 Å². The first-order valence-electron chi connectivity index (χ1n) is 12.9. The van der Waals surface area contributed by atoms with Crippen LogP contribution in [0.15, 0.2) is 54.6 Å². The van der Waals surface area contributed by atoms with E-state index in [1.165, 1.54) is 18.4 Å². The number of benzene rings is 3. The fourth-order valence-electron chi connectivity index (χ4n) is 4.79. The van der Waals surface area contributed by atoms with Gasteiger partial charge in [0.25, 0.3) is 0 Å². The molecule has 0 bridgehead atoms. The molecule has 39 heavy (non-hydrogen) atoms. The molecule has 3 aromatic rings. The molecule has 1 aliphatic heterocycles. The van der Waals surface area contributed by atoms with E-state index in [0.717, 1.165) is 39.1 Å². The van der Waals surface area contributed by atoms with Crippen LogP contribution in [-0.2, 0) is 21.4 Å². The highest BCUT2D eigenvalue weighted by Gasteiger charge is 2.26. The standard InChI is InChI=1S/C30H35NO7S/c1-20-13-26(36-11-6-12-39(34,35)31(3)4)14-21(2)30(20)23-8-5-7-22(15-23)18-37-25-9-10-27-24(16-29(32)33)19-38-28(27)17-25/h5,7-10,13-15,17,24H,6,11-12,16,18-19H2,1-4H3,(H,32,33). The molecule has 0 aliphatic carbocycles. The van der Waals surface area contributed by atoms with E-state index in [-0.39, 0.29) is 18.1 Å². The number of carboxylic acids is 1. The zero-order valence-corrected chi connectivity index (χ0v) is 23.6. The summed E-state index contributed by atoms with van der Waals surface area (Å²) in [6.45, 7) is 5.15. The fraction of sp³-hybridized carbons (Fsp3) is 0.367. The molecule has 1 aliphatic rings. The average Bonchev–Trinajstić information content (AvgIpc) is 3.26. The maximum atomic E-state index is 11.9. The molecular formula is C30H35NO7S. The van der Waals surface area contributed by atoms with E-state index in [9.17, 15) is 13.2 Å². The van der Waals surface area contributed by atoms with Crippen LogP contribution in [0.2, 0.25) is 0 Å². The van der Waals surface area contributed by atoms with Crippen LogP contribution in [0.1, 0.15) is 41.0 Å². The van der Waals surface area contributed by atoms with Crippen molar-refractivity contribution in [2.75, 3.05) is 33.1 Å². The summed E-state index contributed by atoms with van der Waals surface area (Å²) < 4.78 is 42.7. The van der Waals surface area contributed by atoms with Gasteiger partial charge in [-0.3, -0.25) is 4.79 Å². The van der Waals surface area contributed by atoms with Gasteiger partial charge in [-0.05, 0) is 72.4 Å². The van der Waals surface area contributed by atoms with Crippen molar-refractivity contribution in [3.63, 3.8) is 0 Å². The second-order valence-electron chi connectivity index (χ2n) is 10.0. The number of aryl methyl sites for hydroxylation is 2. The van der Waals surface area contributed by atoms with Crippen molar-refractivity contribution in [2.45, 2.75) is 39.2 Å². The number of carboxylic acid groups (broad SMARTS) is 1. The van der Waals surface area contributed by atoms with Gasteiger partial charge in [-0.2, -0.15) is 0 Å². The number of nitrogens with zero attached hydrogens (tertiary/aromatic N) is 1. The third-order valence-corrected chi connectivity index (χ3v) is 8.70. The van der Waals surface area contributed by atoms with Gasteiger partial charge >= 0.3 is 5.97 Å². The highest BCUT2D eigenvalue weighted by molar-refractivity contribution is 7.89. The van der Waals surface area contributed by atoms with Crippen LogP contribution in [0.5, 0.6) is 17.2 Å². The number of rotatable bonds is 12. The minimum Gasteiger partial charge on any atom is -0.494 e. The average molecular weight is 554 g/mol. The zero-order chi connectivity index (χ0) is 28.2. The molecule has 0 fully saturated rings. The predicted molar refractivity (Wildman–Crippen MR) is 150 cm³/mol. The van der Waals surface area contributed by atoms with E-state index in [2.05, 4.69) is 12.1 Å². The molecule has 1 unspecified atom stereocenters. The number of hydrogen-bond donors (Lipinski definition) is 1. The summed E-state index contributed by atoms with van der Waals surface area (Å²) in [5.74, 6) is 1.15. The third kappa shape index (κ3) is 7.10. The first-order valence-corrected chi connectivity index (χ1v) is 14.5. The van der Waals surface area contributed by atoms with Crippen molar-refractivity contribution in [2.24, 2.45) is 0 Å². The molecule has 0 amide bonds. The minimum absolute atomic E-state index is 0.0486. The number of sulfonamides is 1. The molecular weight excluding hydrogens is 518 g/mol. The molecule has 208 valence electrons. The molecule has 1 atom stereocenters. The Morgan fingerprint density at radius 1 is 1.03 bits per heavy atom. The normalized spacial score (nSPS) is 14.6. The predicted octanol–water partition coefficient (Wildman–Crippen LogP) is 5.16. The maximum Gasteiger partial charge on any atom is 0.304 e. The summed E-state index contributed by atoms with van der Waals surface area (Å²) in [6, 6.07) is 17.7. The molecule has 1 N–H and O–H groups in total. The van der Waals surface area contributed by atoms with Crippen molar-refractivity contribution >= 4 is 16.0 Å². The van der Waals surface area contributed by atoms with Crippen LogP contribution in [0.25, 0.3) is 11.1 Å². The van der Waals surface area contributed by atoms with Gasteiger partial charge in [0, 0.05) is 31.6 Å². The van der Waals surface area contributed by atoms with Crippen LogP contribution < -0.4 is 14.2 Å². The van der Waals surface area contributed by atoms with Crippen molar-refractivity contribution in [3.05, 3.63) is 76.9 Å². The van der Waals surface area contributed by atoms with Crippen molar-refractivity contribution < 1.29 is 32.5 Å². The van der Waals surface area contributed by atoms with E-state index in [1.54, 1.807) is 0 Å². The third-order valence-electron chi connectivity index (χ3n) is 6.78. The Morgan fingerprint density at radius 2 is 1.77 bits per heavy atom. The molecule has 0 saturated heterocycles. The van der Waals surface area contributed by atoms with Crippen LogP contribution in [0.4, 0.5) is 0 Å². The highest BCUT2D eigenvalue weighted by atomic mass is 32.2. The Labute approximate surface area is 230 Å². The summed E-state index contributed by atoms with van der Waals surface area (Å²) in [4.78, 5) is 11.1. The Hall–Kier alpha value is -3.56. The van der Waals surface area contributed by atoms with Crippen molar-refractivity contribution in [3.8, 4) is 28.4 Å². The van der Waals surface area contributed by atoms with E-state index in [0.29, 0.717) is 37.7 Å². The number of carbonyl (C=O) groups is 1. The fourth-order valence-corrected chi connectivity index (χ4v) is 5.63. The van der Waals surface area contributed by atoms with Gasteiger partial charge in [-0.15, -0.1) is 0 Å². The Bertz CT molecular complexity index is 1430. The van der Waals surface area contributed by atoms with Crippen LogP contribution >= 0.6 is 0 Å². The first kappa shape index (κ1) is 28.4. The zero-order valence-electron chi connectivity index (χ0n) is 22.8. The lowest BCUT2D eigenvalue weighted by Gasteiger charge is -2.16. The monoisotopic (exact) mass is 553 g/mol. The molecule has 0 spiro atoms. The number of hydrogen-bond acceptors (Lipinski definition) is 6. The summed E-state index contributed by atoms with van der Waals surface area (Å²) in [7, 11) is -0.165. The summed E-state index contributed by atoms with van der Waals surface area (Å²) in [5.41, 5.74) is 6.24. The molecule has 0 saturated carbocycles. The van der Waals surface area contributed by atoms with Gasteiger partial charge in [0.2, 0.25) is 10.0 Å². The van der Waals surface area contributed by atoms with Gasteiger partial charge in [0.1, 0.15) is 23.9 Å². The minimum atomic E-state index is -3.23. The van der Waals surface area contributed by atoms with Gasteiger partial charge < -0.3 is 19.3 Å². The topological polar surface area (TPSA) is 102 Å². The molecule has 4 rings (SSSR count). The summed E-state index contributed by atoms with van der Waals surface area (Å²) >= 11 is 0. The maximum absolute atomic E-state index is 11.9. The Morgan fingerprint density at radius 3 is 2.46 bits per heavy atom. The Kier molecular flexibility index (Phi) is 8.82. The lowest BCUT2D eigenvalue weighted by molar-refractivity contribution is -0.137. The molecule has 9 heteroatoms. The lowest BCUT2D eigenvalue weighted by atomic mass is 9.94. The molecule has 8 nitrogen and oxygen atoms in total. The highest BCUT2D eigenvalue weighted by Crippen LogP contribution is 2.38. The van der Waals surface area contributed by atoms with Crippen molar-refractivity contribution in [1.29, 1.82) is 0 Å². The second kappa shape index (κ2) is 12.1. The SMILES string of the molecule is Cc1cc(OCCCS(=O)(=O)N(C)C)cc(C)c1-c1cccc(COc2ccc3c(c2)OCC3CC(=O)O)c1. The molecule has 0 aromatic heterocycles. The summed E-state index contributed by atoms with van der Waals surface area (Å²) in [5, 5.41) is 9.09. The van der Waals surface area contributed by atoms with Crippen LogP contribution in [0, 0.1) is 13.8 Å². The molecule has 3 aromatic carbocycles. The Balaban J connectivity index is 1.39. The van der Waals surface area contributed by atoms with Crippen molar-refractivity contribution in [1.82, 2.24) is 4.31 Å². The quantitative estimate of drug-likeness (QED) is 0.309. The second-order valence-corrected chi connectivity index (χ2v) is 12.3.